The molecule has 2 aromatic carbocycles. The quantitative estimate of drug-likeness (QED) is 0.723. The second kappa shape index (κ2) is 5.10. The molecule has 0 aliphatic carbocycles. The molecular weight excluding hydrogens is 248 g/mol. The number of benzene rings is 2. The van der Waals surface area contributed by atoms with Crippen molar-refractivity contribution in [2.75, 3.05) is 7.11 Å². The molecule has 0 bridgehead atoms. The number of hydrogen-bond donors (Lipinski definition) is 0. The molecule has 1 aromatic heterocycles. The molecule has 0 atom stereocenters. The Hall–Kier alpha value is -2.73. The second-order valence-corrected chi connectivity index (χ2v) is 4.65. The van der Waals surface area contributed by atoms with Crippen molar-refractivity contribution in [3.8, 4) is 11.8 Å². The van der Waals surface area contributed by atoms with Crippen LogP contribution < -0.4 is 4.74 Å². The van der Waals surface area contributed by atoms with Crippen LogP contribution in [0.25, 0.3) is 10.9 Å². The smallest absolute Gasteiger partial charge is 0.118 e. The lowest BCUT2D eigenvalue weighted by atomic mass is 10.2. The molecule has 0 radical (unpaired) electrons. The van der Waals surface area contributed by atoms with E-state index in [-0.39, 0.29) is 0 Å². The molecule has 1 heterocycles. The fourth-order valence-electron chi connectivity index (χ4n) is 2.39. The number of para-hydroxylation sites is 1. The van der Waals surface area contributed by atoms with Gasteiger partial charge in [0.2, 0.25) is 0 Å². The zero-order valence-electron chi connectivity index (χ0n) is 11.2. The fraction of sp³-hybridized carbons (Fsp3) is 0.118. The highest BCUT2D eigenvalue weighted by atomic mass is 16.5. The Kier molecular flexibility index (Phi) is 3.14. The molecule has 0 unspecified atom stereocenters. The van der Waals surface area contributed by atoms with E-state index in [4.69, 9.17) is 4.74 Å². The highest BCUT2D eigenvalue weighted by Gasteiger charge is 2.07. The van der Waals surface area contributed by atoms with Crippen molar-refractivity contribution in [1.29, 1.82) is 5.26 Å². The van der Waals surface area contributed by atoms with Crippen molar-refractivity contribution in [1.82, 2.24) is 4.57 Å². The third-order valence-corrected chi connectivity index (χ3v) is 3.42. The molecule has 20 heavy (non-hydrogen) atoms. The average molecular weight is 262 g/mol. The van der Waals surface area contributed by atoms with E-state index in [2.05, 4.69) is 10.6 Å². The summed E-state index contributed by atoms with van der Waals surface area (Å²) in [6, 6.07) is 18.2. The Bertz CT molecular complexity index is 779. The second-order valence-electron chi connectivity index (χ2n) is 4.65. The van der Waals surface area contributed by atoms with Gasteiger partial charge in [-0.3, -0.25) is 0 Å². The normalized spacial score (nSPS) is 10.4. The van der Waals surface area contributed by atoms with E-state index in [1.165, 1.54) is 5.56 Å². The van der Waals surface area contributed by atoms with Crippen LogP contribution >= 0.6 is 0 Å². The number of ether oxygens (including phenoxy) is 1. The Morgan fingerprint density at radius 2 is 1.85 bits per heavy atom. The maximum atomic E-state index is 9.20. The molecule has 3 aromatic rings. The van der Waals surface area contributed by atoms with Gasteiger partial charge in [-0.1, -0.05) is 30.3 Å². The highest BCUT2D eigenvalue weighted by molar-refractivity contribution is 5.86. The highest BCUT2D eigenvalue weighted by Crippen LogP contribution is 2.22. The van der Waals surface area contributed by atoms with Gasteiger partial charge in [-0.15, -0.1) is 0 Å². The number of nitriles is 1. The van der Waals surface area contributed by atoms with Gasteiger partial charge in [0.15, 0.2) is 0 Å². The number of nitrogens with zero attached hydrogens (tertiary/aromatic N) is 2. The monoisotopic (exact) mass is 262 g/mol. The van der Waals surface area contributed by atoms with Gasteiger partial charge in [0.25, 0.3) is 0 Å². The van der Waals surface area contributed by atoms with Gasteiger partial charge in [-0.2, -0.15) is 5.26 Å². The largest absolute Gasteiger partial charge is 0.497 e. The maximum absolute atomic E-state index is 9.20. The third-order valence-electron chi connectivity index (χ3n) is 3.42. The minimum absolute atomic E-state index is 0.717. The topological polar surface area (TPSA) is 38.0 Å². The summed E-state index contributed by atoms with van der Waals surface area (Å²) in [5.74, 6) is 0.851. The van der Waals surface area contributed by atoms with E-state index in [0.717, 1.165) is 23.2 Å². The van der Waals surface area contributed by atoms with E-state index < -0.39 is 0 Å². The first-order chi connectivity index (χ1) is 9.81. The van der Waals surface area contributed by atoms with Gasteiger partial charge in [-0.25, -0.2) is 0 Å². The lowest BCUT2D eigenvalue weighted by molar-refractivity contribution is 0.414. The minimum atomic E-state index is 0.717. The molecule has 3 heteroatoms. The van der Waals surface area contributed by atoms with Crippen LogP contribution in [-0.4, -0.2) is 11.7 Å². The van der Waals surface area contributed by atoms with Crippen LogP contribution in [0.3, 0.4) is 0 Å². The van der Waals surface area contributed by atoms with Crippen LogP contribution in [0, 0.1) is 11.3 Å². The van der Waals surface area contributed by atoms with E-state index in [9.17, 15) is 5.26 Å². The number of fused-ring (bicyclic) bond motifs is 1. The zero-order valence-corrected chi connectivity index (χ0v) is 11.2. The minimum Gasteiger partial charge on any atom is -0.497 e. The van der Waals surface area contributed by atoms with Crippen molar-refractivity contribution in [3.63, 3.8) is 0 Å². The first-order valence-corrected chi connectivity index (χ1v) is 6.42. The first kappa shape index (κ1) is 12.3. The van der Waals surface area contributed by atoms with Crippen molar-refractivity contribution >= 4 is 10.9 Å². The van der Waals surface area contributed by atoms with Gasteiger partial charge < -0.3 is 9.30 Å². The summed E-state index contributed by atoms with van der Waals surface area (Å²) in [6.45, 7) is 0.742. The van der Waals surface area contributed by atoms with Crippen LogP contribution in [0.2, 0.25) is 0 Å². The average Bonchev–Trinajstić information content (AvgIpc) is 2.86. The molecule has 0 spiro atoms. The number of hydrogen-bond acceptors (Lipinski definition) is 2. The molecule has 0 aliphatic heterocycles. The summed E-state index contributed by atoms with van der Waals surface area (Å²) in [6.07, 6.45) is 1.91. The number of rotatable bonds is 3. The molecule has 3 nitrogen and oxygen atoms in total. The first-order valence-electron chi connectivity index (χ1n) is 6.42. The van der Waals surface area contributed by atoms with Gasteiger partial charge in [0.05, 0.1) is 12.7 Å². The van der Waals surface area contributed by atoms with Gasteiger partial charge in [0, 0.05) is 23.6 Å². The molecule has 98 valence electrons. The molecule has 0 amide bonds. The molecular formula is C17H14N2O. The van der Waals surface area contributed by atoms with Crippen molar-refractivity contribution in [3.05, 3.63) is 65.9 Å². The van der Waals surface area contributed by atoms with Crippen molar-refractivity contribution in [2.45, 2.75) is 6.54 Å². The molecule has 3 rings (SSSR count). The molecule has 0 fully saturated rings. The van der Waals surface area contributed by atoms with Gasteiger partial charge in [-0.05, 0) is 23.8 Å². The molecule has 0 saturated heterocycles. The molecule has 0 aliphatic rings. The molecule has 0 saturated carbocycles. The van der Waals surface area contributed by atoms with E-state index in [1.807, 2.05) is 54.7 Å². The van der Waals surface area contributed by atoms with E-state index >= 15 is 0 Å². The number of methoxy groups -OCH3 is 1. The Labute approximate surface area is 117 Å². The molecule has 0 N–H and O–H groups in total. The Morgan fingerprint density at radius 1 is 1.10 bits per heavy atom. The lowest BCUT2D eigenvalue weighted by Crippen LogP contribution is -1.97. The summed E-state index contributed by atoms with van der Waals surface area (Å²) >= 11 is 0. The third kappa shape index (κ3) is 2.12. The van der Waals surface area contributed by atoms with E-state index in [1.54, 1.807) is 7.11 Å². The van der Waals surface area contributed by atoms with Crippen LogP contribution in [0.15, 0.2) is 54.7 Å². The van der Waals surface area contributed by atoms with Crippen LogP contribution in [-0.2, 0) is 6.54 Å². The zero-order chi connectivity index (χ0) is 13.9. The standard InChI is InChI=1S/C17H14N2O/c1-20-15-8-6-13(7-9-15)11-19-12-14(10-18)16-4-2-3-5-17(16)19/h2-9,12H,11H2,1H3. The predicted molar refractivity (Wildman–Crippen MR) is 78.7 cm³/mol. The van der Waals surface area contributed by atoms with Gasteiger partial charge in [0.1, 0.15) is 11.8 Å². The SMILES string of the molecule is COc1ccc(Cn2cc(C#N)c3ccccc32)cc1. The number of aromatic nitrogens is 1. The summed E-state index contributed by atoms with van der Waals surface area (Å²) in [5.41, 5.74) is 2.98. The van der Waals surface area contributed by atoms with Crippen molar-refractivity contribution < 1.29 is 4.74 Å². The Morgan fingerprint density at radius 3 is 2.55 bits per heavy atom. The fourth-order valence-corrected chi connectivity index (χ4v) is 2.39. The van der Waals surface area contributed by atoms with Crippen molar-refractivity contribution in [2.24, 2.45) is 0 Å². The van der Waals surface area contributed by atoms with Crippen LogP contribution in [0.5, 0.6) is 5.75 Å². The summed E-state index contributed by atoms with van der Waals surface area (Å²) < 4.78 is 7.27. The van der Waals surface area contributed by atoms with Crippen LogP contribution in [0.1, 0.15) is 11.1 Å². The Balaban J connectivity index is 2.00. The summed E-state index contributed by atoms with van der Waals surface area (Å²) in [4.78, 5) is 0. The van der Waals surface area contributed by atoms with Crippen LogP contribution in [0.4, 0.5) is 0 Å². The summed E-state index contributed by atoms with van der Waals surface area (Å²) in [5, 5.41) is 10.2. The predicted octanol–water partition coefficient (Wildman–Crippen LogP) is 3.57. The van der Waals surface area contributed by atoms with E-state index in [0.29, 0.717) is 5.56 Å². The lowest BCUT2D eigenvalue weighted by Gasteiger charge is -2.06. The maximum Gasteiger partial charge on any atom is 0.118 e. The summed E-state index contributed by atoms with van der Waals surface area (Å²) in [7, 11) is 1.66. The van der Waals surface area contributed by atoms with Gasteiger partial charge >= 0.3 is 0 Å².